The molecule has 10 aromatic rings. The number of hydrogen-bond donors (Lipinski definition) is 0. The van der Waals surface area contributed by atoms with Crippen LogP contribution in [-0.2, 0) is 0 Å². The maximum absolute atomic E-state index is 6.63. The molecule has 0 N–H and O–H groups in total. The summed E-state index contributed by atoms with van der Waals surface area (Å²) in [7, 11) is 0. The fourth-order valence-electron chi connectivity index (χ4n) is 10.1. The zero-order chi connectivity index (χ0) is 34.4. The van der Waals surface area contributed by atoms with Crippen molar-refractivity contribution in [1.29, 1.82) is 0 Å². The first-order valence-corrected chi connectivity index (χ1v) is 18.5. The van der Waals surface area contributed by atoms with Gasteiger partial charge >= 0.3 is 0 Å². The van der Waals surface area contributed by atoms with Crippen molar-refractivity contribution in [3.8, 4) is 39.4 Å². The predicted octanol–water partition coefficient (Wildman–Crippen LogP) is 12.6. The lowest BCUT2D eigenvalue weighted by Gasteiger charge is -2.22. The Morgan fingerprint density at radius 2 is 1.25 bits per heavy atom. The van der Waals surface area contributed by atoms with Gasteiger partial charge in [0.2, 0.25) is 0 Å². The highest BCUT2D eigenvalue weighted by molar-refractivity contribution is 6.23. The van der Waals surface area contributed by atoms with E-state index in [4.69, 9.17) is 4.74 Å². The predicted molar refractivity (Wildman–Crippen MR) is 219 cm³/mol. The minimum absolute atomic E-state index is 0.0455. The van der Waals surface area contributed by atoms with Gasteiger partial charge in [-0.25, -0.2) is 0 Å². The molecule has 2 aliphatic carbocycles. The summed E-state index contributed by atoms with van der Waals surface area (Å²) in [6, 6.07) is 58.2. The van der Waals surface area contributed by atoms with Crippen LogP contribution in [0.15, 0.2) is 164 Å². The molecule has 3 aliphatic rings. The van der Waals surface area contributed by atoms with Gasteiger partial charge in [-0.05, 0) is 92.5 Å². The zero-order valence-electron chi connectivity index (χ0n) is 28.6. The SMILES string of the molecule is C1=CC2Oc3ccccc3C2c2c1n(-c1ccc3c4c(cccc14)-c1ccccc1-3)c1c2ccc2c1c1ccccc1n2-c1ccc2ccccc2c1. The van der Waals surface area contributed by atoms with Crippen LogP contribution in [0, 0.1) is 0 Å². The first-order chi connectivity index (χ1) is 26.3. The number of ether oxygens (including phenoxy) is 1. The molecule has 2 aromatic heterocycles. The van der Waals surface area contributed by atoms with Gasteiger partial charge < -0.3 is 13.9 Å². The van der Waals surface area contributed by atoms with E-state index in [9.17, 15) is 0 Å². The van der Waals surface area contributed by atoms with Crippen molar-refractivity contribution in [2.24, 2.45) is 0 Å². The summed E-state index contributed by atoms with van der Waals surface area (Å²) < 4.78 is 11.7. The third kappa shape index (κ3) is 3.49. The third-order valence-electron chi connectivity index (χ3n) is 12.2. The summed E-state index contributed by atoms with van der Waals surface area (Å²) in [6.07, 6.45) is 4.57. The molecule has 0 spiro atoms. The number of rotatable bonds is 2. The molecular formula is C50H30N2O. The lowest BCUT2D eigenvalue weighted by molar-refractivity contribution is 0.267. The van der Waals surface area contributed by atoms with Gasteiger partial charge in [-0.2, -0.15) is 0 Å². The smallest absolute Gasteiger partial charge is 0.128 e. The minimum atomic E-state index is -0.0455. The summed E-state index contributed by atoms with van der Waals surface area (Å²) in [6.45, 7) is 0. The normalized spacial score (nSPS) is 16.4. The van der Waals surface area contributed by atoms with Gasteiger partial charge in [0, 0.05) is 32.8 Å². The van der Waals surface area contributed by atoms with Crippen LogP contribution in [0.1, 0.15) is 22.7 Å². The van der Waals surface area contributed by atoms with Crippen LogP contribution in [0.3, 0.4) is 0 Å². The van der Waals surface area contributed by atoms with Crippen LogP contribution in [0.4, 0.5) is 0 Å². The van der Waals surface area contributed by atoms with E-state index >= 15 is 0 Å². The highest BCUT2D eigenvalue weighted by atomic mass is 16.5. The summed E-state index contributed by atoms with van der Waals surface area (Å²) >= 11 is 0. The molecule has 53 heavy (non-hydrogen) atoms. The van der Waals surface area contributed by atoms with Crippen LogP contribution in [0.25, 0.3) is 94.0 Å². The second-order valence-electron chi connectivity index (χ2n) is 14.7. The van der Waals surface area contributed by atoms with Crippen molar-refractivity contribution in [3.05, 3.63) is 181 Å². The Morgan fingerprint density at radius 1 is 0.491 bits per heavy atom. The van der Waals surface area contributed by atoms with Gasteiger partial charge in [0.05, 0.1) is 33.8 Å². The van der Waals surface area contributed by atoms with Gasteiger partial charge in [-0.1, -0.05) is 121 Å². The highest BCUT2D eigenvalue weighted by Crippen LogP contribution is 2.54. The van der Waals surface area contributed by atoms with Crippen molar-refractivity contribution < 1.29 is 4.74 Å². The molecule has 3 heterocycles. The topological polar surface area (TPSA) is 19.1 Å². The van der Waals surface area contributed by atoms with Crippen molar-refractivity contribution in [3.63, 3.8) is 0 Å². The first-order valence-electron chi connectivity index (χ1n) is 18.5. The Labute approximate surface area is 305 Å². The number of fused-ring (bicyclic) bond motifs is 15. The van der Waals surface area contributed by atoms with Crippen molar-refractivity contribution in [2.75, 3.05) is 0 Å². The van der Waals surface area contributed by atoms with E-state index in [2.05, 4.69) is 179 Å². The minimum Gasteiger partial charge on any atom is -0.485 e. The lowest BCUT2D eigenvalue weighted by atomic mass is 9.83. The fraction of sp³-hybridized carbons (Fsp3) is 0.0400. The molecule has 3 nitrogen and oxygen atoms in total. The van der Waals surface area contributed by atoms with Gasteiger partial charge in [0.1, 0.15) is 11.9 Å². The number of aromatic nitrogens is 2. The van der Waals surface area contributed by atoms with E-state index in [1.165, 1.54) is 105 Å². The molecule has 0 bridgehead atoms. The maximum atomic E-state index is 6.63. The molecule has 246 valence electrons. The average molecular weight is 675 g/mol. The van der Waals surface area contributed by atoms with E-state index in [0.29, 0.717) is 0 Å². The van der Waals surface area contributed by atoms with Crippen LogP contribution in [-0.4, -0.2) is 15.2 Å². The van der Waals surface area contributed by atoms with Crippen LogP contribution in [0.2, 0.25) is 0 Å². The van der Waals surface area contributed by atoms with Gasteiger partial charge in [-0.15, -0.1) is 0 Å². The van der Waals surface area contributed by atoms with E-state index in [1.54, 1.807) is 0 Å². The molecule has 0 saturated carbocycles. The molecule has 0 fully saturated rings. The van der Waals surface area contributed by atoms with Crippen molar-refractivity contribution in [1.82, 2.24) is 9.13 Å². The zero-order valence-corrected chi connectivity index (χ0v) is 28.6. The second-order valence-corrected chi connectivity index (χ2v) is 14.7. The Hall–Kier alpha value is -6.84. The van der Waals surface area contributed by atoms with E-state index in [-0.39, 0.29) is 12.0 Å². The van der Waals surface area contributed by atoms with Gasteiger partial charge in [-0.3, -0.25) is 0 Å². The monoisotopic (exact) mass is 674 g/mol. The Morgan fingerprint density at radius 3 is 2.17 bits per heavy atom. The Bertz CT molecular complexity index is 3250. The first kappa shape index (κ1) is 27.8. The summed E-state index contributed by atoms with van der Waals surface area (Å²) in [5.41, 5.74) is 15.1. The highest BCUT2D eigenvalue weighted by Gasteiger charge is 2.41. The van der Waals surface area contributed by atoms with Crippen LogP contribution < -0.4 is 4.74 Å². The van der Waals surface area contributed by atoms with Gasteiger partial charge in [0.25, 0.3) is 0 Å². The third-order valence-corrected chi connectivity index (χ3v) is 12.2. The van der Waals surface area contributed by atoms with E-state index < -0.39 is 0 Å². The average Bonchev–Trinajstić information content (AvgIpc) is 3.95. The van der Waals surface area contributed by atoms with Gasteiger partial charge in [0.15, 0.2) is 0 Å². The Balaban J connectivity index is 1.20. The van der Waals surface area contributed by atoms with Crippen LogP contribution >= 0.6 is 0 Å². The molecule has 3 heteroatoms. The summed E-state index contributed by atoms with van der Waals surface area (Å²) in [4.78, 5) is 0. The summed E-state index contributed by atoms with van der Waals surface area (Å²) in [5, 5.41) is 8.88. The number of nitrogens with zero attached hydrogens (tertiary/aromatic N) is 2. The largest absolute Gasteiger partial charge is 0.485 e. The fourth-order valence-corrected chi connectivity index (χ4v) is 10.1. The van der Waals surface area contributed by atoms with E-state index in [0.717, 1.165) is 5.75 Å². The van der Waals surface area contributed by atoms with Crippen LogP contribution in [0.5, 0.6) is 5.75 Å². The molecule has 0 radical (unpaired) electrons. The molecule has 13 rings (SSSR count). The maximum Gasteiger partial charge on any atom is 0.128 e. The van der Waals surface area contributed by atoms with Crippen molar-refractivity contribution in [2.45, 2.75) is 12.0 Å². The quantitative estimate of drug-likeness (QED) is 0.179. The number of para-hydroxylation sites is 2. The second kappa shape index (κ2) is 9.93. The molecule has 8 aromatic carbocycles. The molecular weight excluding hydrogens is 645 g/mol. The molecule has 0 saturated heterocycles. The standard InChI is InChI=1S/C50H30N2O/c1-2-11-30-28-31(21-20-29(30)10-1)51-40-18-7-5-14-37(40)48-43(51)25-23-39-47-42(26-27-45-49(47)38-15-6-8-19-44(38)53-45)52(50(39)48)41-24-22-35-33-13-4-3-12-32(33)34-16-9-17-36(41)46(34)35/h1-28,45,49H. The number of hydrogen-bond acceptors (Lipinski definition) is 1. The number of benzene rings is 8. The molecule has 0 amide bonds. The summed E-state index contributed by atoms with van der Waals surface area (Å²) in [5.74, 6) is 1.08. The molecule has 2 atom stereocenters. The van der Waals surface area contributed by atoms with Crippen molar-refractivity contribution >= 4 is 60.3 Å². The Kier molecular flexibility index (Phi) is 5.22. The lowest BCUT2D eigenvalue weighted by Crippen LogP contribution is -2.20. The molecule has 2 unspecified atom stereocenters. The molecule has 1 aliphatic heterocycles. The van der Waals surface area contributed by atoms with E-state index in [1.807, 2.05) is 0 Å².